The number of fused-ring (bicyclic) bond motifs is 1. The normalized spacial score (nSPS) is 16.2. The van der Waals surface area contributed by atoms with E-state index in [4.69, 9.17) is 4.74 Å². The third-order valence-corrected chi connectivity index (χ3v) is 4.25. The van der Waals surface area contributed by atoms with E-state index < -0.39 is 0 Å². The smallest absolute Gasteiger partial charge is 0.211 e. The van der Waals surface area contributed by atoms with Crippen LogP contribution in [0.15, 0.2) is 42.5 Å². The number of aromatic amines is 1. The summed E-state index contributed by atoms with van der Waals surface area (Å²) in [6, 6.07) is 11.6. The molecule has 3 aromatic rings. The van der Waals surface area contributed by atoms with Crippen molar-refractivity contribution in [3.63, 3.8) is 0 Å². The Bertz CT molecular complexity index is 858. The molecule has 2 heterocycles. The van der Waals surface area contributed by atoms with Gasteiger partial charge in [0.25, 0.3) is 0 Å². The number of nitrogens with one attached hydrogen (secondary N) is 3. The molecule has 1 aromatic heterocycles. The number of carbonyl (C=O) groups excluding carboxylic acids is 1. The van der Waals surface area contributed by atoms with Crippen LogP contribution in [0.4, 0.5) is 10.1 Å². The number of H-pyrrole nitrogens is 1. The molecule has 3 N–H and O–H groups in total. The van der Waals surface area contributed by atoms with E-state index in [0.29, 0.717) is 18.2 Å². The van der Waals surface area contributed by atoms with Crippen LogP contribution in [-0.2, 0) is 9.53 Å². The minimum Gasteiger partial charge on any atom is -0.380 e. The number of halogens is 1. The maximum Gasteiger partial charge on any atom is 0.211 e. The average Bonchev–Trinajstić information content (AvgIpc) is 3.33. The summed E-state index contributed by atoms with van der Waals surface area (Å²) in [5.41, 5.74) is 3.09. The number of anilines is 1. The van der Waals surface area contributed by atoms with Crippen molar-refractivity contribution in [2.24, 2.45) is 0 Å². The lowest BCUT2D eigenvalue weighted by Crippen LogP contribution is -2.14. The number of methoxy groups -OCH3 is 1. The van der Waals surface area contributed by atoms with Crippen LogP contribution in [0.5, 0.6) is 0 Å². The van der Waals surface area contributed by atoms with E-state index in [1.807, 2.05) is 12.1 Å². The van der Waals surface area contributed by atoms with Gasteiger partial charge in [-0.1, -0.05) is 0 Å². The van der Waals surface area contributed by atoms with Crippen molar-refractivity contribution in [1.82, 2.24) is 15.5 Å². The van der Waals surface area contributed by atoms with Crippen LogP contribution in [0.25, 0.3) is 22.2 Å². The first-order chi connectivity index (χ1) is 12.7. The van der Waals surface area contributed by atoms with Crippen molar-refractivity contribution in [2.45, 2.75) is 12.5 Å². The van der Waals surface area contributed by atoms with Crippen LogP contribution in [0.3, 0.4) is 0 Å². The summed E-state index contributed by atoms with van der Waals surface area (Å²) in [5.74, 6) is -0.285. The zero-order valence-corrected chi connectivity index (χ0v) is 14.5. The Morgan fingerprint density at radius 3 is 2.69 bits per heavy atom. The Kier molecular flexibility index (Phi) is 5.93. The van der Waals surface area contributed by atoms with E-state index >= 15 is 0 Å². The second kappa shape index (κ2) is 8.55. The molecule has 2 aromatic carbocycles. The van der Waals surface area contributed by atoms with Crippen molar-refractivity contribution in [2.75, 3.05) is 25.5 Å². The van der Waals surface area contributed by atoms with Gasteiger partial charge in [-0.3, -0.25) is 9.89 Å². The number of rotatable bonds is 4. The molecule has 26 heavy (non-hydrogen) atoms. The summed E-state index contributed by atoms with van der Waals surface area (Å²) in [6.45, 7) is 2.16. The largest absolute Gasteiger partial charge is 0.380 e. The molecule has 1 atom stereocenters. The first-order valence-corrected chi connectivity index (χ1v) is 8.39. The Hall–Kier alpha value is -2.77. The topological polar surface area (TPSA) is 79.0 Å². The summed E-state index contributed by atoms with van der Waals surface area (Å²) in [4.78, 5) is 10.5. The summed E-state index contributed by atoms with van der Waals surface area (Å²) in [6.07, 6.45) is 2.29. The van der Waals surface area contributed by atoms with Crippen LogP contribution in [0.2, 0.25) is 0 Å². The van der Waals surface area contributed by atoms with Crippen molar-refractivity contribution < 1.29 is 13.9 Å². The summed E-state index contributed by atoms with van der Waals surface area (Å²) in [5, 5.41) is 13.8. The quantitative estimate of drug-likeness (QED) is 0.628. The highest BCUT2D eigenvalue weighted by molar-refractivity contribution is 5.95. The van der Waals surface area contributed by atoms with E-state index in [9.17, 15) is 9.18 Å². The Labute approximate surface area is 150 Å². The SMILES string of the molecule is CO[C@H]1CCNC1.O=CNc1ccc2[nH]nc(-c3ccc(F)cc3)c2c1. The van der Waals surface area contributed by atoms with E-state index in [1.54, 1.807) is 25.3 Å². The van der Waals surface area contributed by atoms with Gasteiger partial charge in [0, 0.05) is 30.3 Å². The Morgan fingerprint density at radius 1 is 1.27 bits per heavy atom. The first kappa shape index (κ1) is 18.0. The second-order valence-corrected chi connectivity index (χ2v) is 5.95. The molecule has 0 unspecified atom stereocenters. The fraction of sp³-hybridized carbons (Fsp3) is 0.263. The van der Waals surface area contributed by atoms with Crippen molar-refractivity contribution in [3.05, 3.63) is 48.3 Å². The number of nitrogens with zero attached hydrogens (tertiary/aromatic N) is 1. The molecule has 1 fully saturated rings. The van der Waals surface area contributed by atoms with Crippen LogP contribution in [0, 0.1) is 5.82 Å². The van der Waals surface area contributed by atoms with Gasteiger partial charge in [-0.05, 0) is 55.4 Å². The monoisotopic (exact) mass is 356 g/mol. The predicted octanol–water partition coefficient (Wildman–Crippen LogP) is 2.93. The van der Waals surface area contributed by atoms with Crippen molar-refractivity contribution >= 4 is 23.0 Å². The van der Waals surface area contributed by atoms with Gasteiger partial charge in [-0.2, -0.15) is 5.10 Å². The van der Waals surface area contributed by atoms with E-state index in [1.165, 1.54) is 18.6 Å². The molecular weight excluding hydrogens is 335 g/mol. The number of hydrogen-bond donors (Lipinski definition) is 3. The number of carbonyl (C=O) groups is 1. The lowest BCUT2D eigenvalue weighted by Gasteiger charge is -2.01. The average molecular weight is 356 g/mol. The van der Waals surface area contributed by atoms with Gasteiger partial charge in [0.15, 0.2) is 0 Å². The maximum absolute atomic E-state index is 12.9. The number of aromatic nitrogens is 2. The first-order valence-electron chi connectivity index (χ1n) is 8.39. The van der Waals surface area contributed by atoms with Crippen LogP contribution in [0.1, 0.15) is 6.42 Å². The van der Waals surface area contributed by atoms with Gasteiger partial charge in [0.05, 0.1) is 17.3 Å². The van der Waals surface area contributed by atoms with E-state index in [2.05, 4.69) is 20.8 Å². The van der Waals surface area contributed by atoms with Crippen LogP contribution in [-0.4, -0.2) is 42.9 Å². The van der Waals surface area contributed by atoms with Gasteiger partial charge in [0.1, 0.15) is 5.82 Å². The third kappa shape index (κ3) is 4.25. The summed E-state index contributed by atoms with van der Waals surface area (Å²) < 4.78 is 18.0. The number of hydrogen-bond acceptors (Lipinski definition) is 4. The molecule has 6 nitrogen and oxygen atoms in total. The summed E-state index contributed by atoms with van der Waals surface area (Å²) >= 11 is 0. The molecule has 4 rings (SSSR count). The molecule has 0 saturated carbocycles. The Balaban J connectivity index is 0.000000236. The van der Waals surface area contributed by atoms with Gasteiger partial charge < -0.3 is 15.4 Å². The number of benzene rings is 2. The fourth-order valence-corrected chi connectivity index (χ4v) is 2.83. The van der Waals surface area contributed by atoms with E-state index in [0.717, 1.165) is 35.2 Å². The standard InChI is InChI=1S/C14H10FN3O.C5H11NO/c15-10-3-1-9(2-4-10)14-12-7-11(16-8-19)5-6-13(12)17-18-14;1-7-5-2-3-6-4-5/h1-8H,(H,16,19)(H,17,18);5-6H,2-4H2,1H3/t;5-/m.0/s1. The minimum absolute atomic E-state index is 0.285. The Morgan fingerprint density at radius 2 is 2.08 bits per heavy atom. The molecular formula is C19H21FN4O2. The molecule has 7 heteroatoms. The highest BCUT2D eigenvalue weighted by Gasteiger charge is 2.11. The lowest BCUT2D eigenvalue weighted by atomic mass is 10.1. The molecule has 1 amide bonds. The zero-order valence-electron chi connectivity index (χ0n) is 14.5. The zero-order chi connectivity index (χ0) is 18.4. The van der Waals surface area contributed by atoms with E-state index in [-0.39, 0.29) is 5.82 Å². The number of amides is 1. The molecule has 136 valence electrons. The highest BCUT2D eigenvalue weighted by atomic mass is 19.1. The molecule has 1 saturated heterocycles. The van der Waals surface area contributed by atoms with Crippen LogP contribution < -0.4 is 10.6 Å². The number of ether oxygens (including phenoxy) is 1. The molecule has 0 aliphatic carbocycles. The van der Waals surface area contributed by atoms with Gasteiger partial charge in [-0.15, -0.1) is 0 Å². The highest BCUT2D eigenvalue weighted by Crippen LogP contribution is 2.28. The third-order valence-electron chi connectivity index (χ3n) is 4.25. The predicted molar refractivity (Wildman–Crippen MR) is 99.5 cm³/mol. The molecule has 1 aliphatic heterocycles. The molecule has 1 aliphatic rings. The van der Waals surface area contributed by atoms with Crippen molar-refractivity contribution in [3.8, 4) is 11.3 Å². The van der Waals surface area contributed by atoms with Gasteiger partial charge in [-0.25, -0.2) is 4.39 Å². The van der Waals surface area contributed by atoms with Crippen LogP contribution >= 0.6 is 0 Å². The maximum atomic E-state index is 12.9. The van der Waals surface area contributed by atoms with Gasteiger partial charge in [0.2, 0.25) is 6.41 Å². The second-order valence-electron chi connectivity index (χ2n) is 5.95. The molecule has 0 bridgehead atoms. The molecule has 0 spiro atoms. The summed E-state index contributed by atoms with van der Waals surface area (Å²) in [7, 11) is 1.76. The molecule has 0 radical (unpaired) electrons. The lowest BCUT2D eigenvalue weighted by molar-refractivity contribution is -0.105. The fourth-order valence-electron chi connectivity index (χ4n) is 2.83. The van der Waals surface area contributed by atoms with Crippen molar-refractivity contribution in [1.29, 1.82) is 0 Å². The van der Waals surface area contributed by atoms with Gasteiger partial charge >= 0.3 is 0 Å². The minimum atomic E-state index is -0.285.